The van der Waals surface area contributed by atoms with Crippen LogP contribution >= 0.6 is 0 Å². The lowest BCUT2D eigenvalue weighted by Gasteiger charge is -2.28. The average molecular weight is 594 g/mol. The highest BCUT2D eigenvalue weighted by Gasteiger charge is 2.26. The molecule has 47 heavy (non-hydrogen) atoms. The Morgan fingerprint density at radius 3 is 1.62 bits per heavy atom. The van der Waals surface area contributed by atoms with E-state index in [2.05, 4.69) is 169 Å². The minimum atomic E-state index is 1.14. The zero-order chi connectivity index (χ0) is 30.6. The molecule has 10 aromatic carbocycles. The number of anilines is 3. The molecule has 0 spiro atoms. The Hall–Kier alpha value is -6.18. The van der Waals surface area contributed by atoms with E-state index in [1.807, 2.05) is 0 Å². The van der Waals surface area contributed by atoms with Crippen LogP contribution in [0.3, 0.4) is 0 Å². The van der Waals surface area contributed by atoms with E-state index < -0.39 is 0 Å². The highest BCUT2D eigenvalue weighted by Crippen LogP contribution is 2.54. The molecule has 216 valence electrons. The minimum Gasteiger partial charge on any atom is -0.310 e. The van der Waals surface area contributed by atoms with Crippen molar-refractivity contribution in [2.24, 2.45) is 0 Å². The monoisotopic (exact) mass is 593 g/mol. The summed E-state index contributed by atoms with van der Waals surface area (Å²) in [5, 5.41) is 15.8. The normalized spacial score (nSPS) is 12.3. The van der Waals surface area contributed by atoms with Gasteiger partial charge in [-0.3, -0.25) is 0 Å². The first kappa shape index (κ1) is 25.1. The molecule has 1 aliphatic carbocycles. The fourth-order valence-corrected chi connectivity index (χ4v) is 8.54. The Kier molecular flexibility index (Phi) is 4.90. The molecule has 0 aliphatic heterocycles. The van der Waals surface area contributed by atoms with Gasteiger partial charge in [0.05, 0.1) is 5.69 Å². The van der Waals surface area contributed by atoms with Crippen molar-refractivity contribution in [3.63, 3.8) is 0 Å². The highest BCUT2D eigenvalue weighted by atomic mass is 15.1. The lowest BCUT2D eigenvalue weighted by molar-refractivity contribution is 1.30. The lowest BCUT2D eigenvalue weighted by atomic mass is 9.88. The Bertz CT molecular complexity index is 2850. The Labute approximate surface area is 271 Å². The van der Waals surface area contributed by atoms with Gasteiger partial charge >= 0.3 is 0 Å². The maximum absolute atomic E-state index is 2.44. The number of hydrogen-bond donors (Lipinski definition) is 0. The van der Waals surface area contributed by atoms with Crippen LogP contribution in [0.4, 0.5) is 17.1 Å². The van der Waals surface area contributed by atoms with Crippen molar-refractivity contribution in [3.8, 4) is 22.3 Å². The van der Waals surface area contributed by atoms with Gasteiger partial charge in [-0.1, -0.05) is 133 Å². The largest absolute Gasteiger partial charge is 0.310 e. The van der Waals surface area contributed by atoms with Crippen LogP contribution in [-0.2, 0) is 0 Å². The number of hydrogen-bond acceptors (Lipinski definition) is 1. The molecular weight excluding hydrogens is 567 g/mol. The second-order valence-corrected chi connectivity index (χ2v) is 12.8. The van der Waals surface area contributed by atoms with E-state index in [-0.39, 0.29) is 0 Å². The van der Waals surface area contributed by atoms with Gasteiger partial charge in [-0.2, -0.15) is 0 Å². The van der Waals surface area contributed by atoms with Crippen molar-refractivity contribution in [3.05, 3.63) is 164 Å². The lowest BCUT2D eigenvalue weighted by Crippen LogP contribution is -2.10. The van der Waals surface area contributed by atoms with E-state index in [9.17, 15) is 0 Å². The quantitative estimate of drug-likeness (QED) is 0.145. The molecule has 0 amide bonds. The van der Waals surface area contributed by atoms with Gasteiger partial charge in [0.25, 0.3) is 0 Å². The van der Waals surface area contributed by atoms with Crippen LogP contribution in [-0.4, -0.2) is 0 Å². The molecule has 0 fully saturated rings. The van der Waals surface area contributed by atoms with Crippen LogP contribution in [0.1, 0.15) is 0 Å². The fraction of sp³-hybridized carbons (Fsp3) is 0. The van der Waals surface area contributed by atoms with Crippen LogP contribution in [0, 0.1) is 0 Å². The van der Waals surface area contributed by atoms with Crippen LogP contribution in [0.5, 0.6) is 0 Å². The second kappa shape index (κ2) is 9.19. The molecule has 1 aliphatic rings. The van der Waals surface area contributed by atoms with E-state index >= 15 is 0 Å². The summed E-state index contributed by atoms with van der Waals surface area (Å²) in [6.45, 7) is 0. The standard InChI is InChI=1S/C46H27N/c1-2-13-30(14-3-1)47(43-26-29-10-4-5-15-32(29)33-16-6-7-17-35(33)43)31-20-21-34-38-22-23-39-36-18-8-11-28-12-9-19-37(44(28)36)40-24-25-41(42(34)27-31)45(38)46(39)40/h1-27H. The van der Waals surface area contributed by atoms with Crippen molar-refractivity contribution in [2.45, 2.75) is 0 Å². The van der Waals surface area contributed by atoms with Crippen LogP contribution in [0.25, 0.3) is 86.9 Å². The minimum absolute atomic E-state index is 1.14. The molecule has 1 nitrogen and oxygen atoms in total. The molecule has 0 radical (unpaired) electrons. The second-order valence-electron chi connectivity index (χ2n) is 12.8. The molecule has 0 heterocycles. The third-order valence-corrected chi connectivity index (χ3v) is 10.5. The van der Waals surface area contributed by atoms with Crippen molar-refractivity contribution < 1.29 is 0 Å². The summed E-state index contributed by atoms with van der Waals surface area (Å²) in [5.41, 5.74) is 8.73. The molecule has 0 unspecified atom stereocenters. The van der Waals surface area contributed by atoms with Gasteiger partial charge < -0.3 is 4.90 Å². The molecule has 0 atom stereocenters. The topological polar surface area (TPSA) is 3.24 Å². The summed E-state index contributed by atoms with van der Waals surface area (Å²) < 4.78 is 0. The number of para-hydroxylation sites is 1. The summed E-state index contributed by atoms with van der Waals surface area (Å²) in [4.78, 5) is 2.44. The van der Waals surface area contributed by atoms with Gasteiger partial charge in [0.15, 0.2) is 0 Å². The molecule has 0 aromatic heterocycles. The average Bonchev–Trinajstić information content (AvgIpc) is 3.46. The van der Waals surface area contributed by atoms with Crippen molar-refractivity contribution in [2.75, 3.05) is 4.90 Å². The van der Waals surface area contributed by atoms with Gasteiger partial charge in [0, 0.05) is 16.8 Å². The number of rotatable bonds is 3. The number of fused-ring (bicyclic) bond motifs is 8. The van der Waals surface area contributed by atoms with Crippen LogP contribution in [0.15, 0.2) is 164 Å². The predicted molar refractivity (Wildman–Crippen MR) is 202 cm³/mol. The Balaban J connectivity index is 1.19. The van der Waals surface area contributed by atoms with Gasteiger partial charge in [-0.15, -0.1) is 0 Å². The molecule has 11 rings (SSSR count). The highest BCUT2D eigenvalue weighted by molar-refractivity contribution is 6.37. The van der Waals surface area contributed by atoms with Crippen molar-refractivity contribution in [1.29, 1.82) is 0 Å². The maximum atomic E-state index is 2.44. The fourth-order valence-electron chi connectivity index (χ4n) is 8.54. The summed E-state index contributed by atoms with van der Waals surface area (Å²) >= 11 is 0. The van der Waals surface area contributed by atoms with Gasteiger partial charge in [0.1, 0.15) is 0 Å². The Morgan fingerprint density at radius 1 is 0.277 bits per heavy atom. The molecular formula is C46H27N. The van der Waals surface area contributed by atoms with E-state index in [0.29, 0.717) is 0 Å². The number of benzene rings is 10. The van der Waals surface area contributed by atoms with Gasteiger partial charge in [-0.25, -0.2) is 0 Å². The smallest absolute Gasteiger partial charge is 0.0546 e. The molecule has 1 heteroatoms. The predicted octanol–water partition coefficient (Wildman–Crippen LogP) is 13.2. The molecule has 0 bridgehead atoms. The third kappa shape index (κ3) is 3.33. The van der Waals surface area contributed by atoms with E-state index in [0.717, 1.165) is 11.4 Å². The van der Waals surface area contributed by atoms with Crippen LogP contribution in [0.2, 0.25) is 0 Å². The SMILES string of the molecule is c1ccc(N(c2ccc3c(c2)-c2ccc4c5cccc6cccc(c7ccc-3c2c74)c65)c2cc3ccccc3c3ccccc23)cc1. The van der Waals surface area contributed by atoms with Crippen LogP contribution < -0.4 is 4.90 Å². The molecule has 0 saturated heterocycles. The summed E-state index contributed by atoms with van der Waals surface area (Å²) in [6.07, 6.45) is 0. The van der Waals surface area contributed by atoms with E-state index in [1.165, 1.54) is 92.6 Å². The first-order chi connectivity index (χ1) is 23.3. The maximum Gasteiger partial charge on any atom is 0.0546 e. The number of nitrogens with zero attached hydrogens (tertiary/aromatic N) is 1. The summed E-state index contributed by atoms with van der Waals surface area (Å²) in [7, 11) is 0. The molecule has 10 aromatic rings. The summed E-state index contributed by atoms with van der Waals surface area (Å²) in [5.74, 6) is 0. The first-order valence-corrected chi connectivity index (χ1v) is 16.4. The van der Waals surface area contributed by atoms with E-state index in [4.69, 9.17) is 0 Å². The van der Waals surface area contributed by atoms with Crippen molar-refractivity contribution >= 4 is 81.7 Å². The summed E-state index contributed by atoms with van der Waals surface area (Å²) in [6, 6.07) is 60.7. The van der Waals surface area contributed by atoms with Gasteiger partial charge in [0.2, 0.25) is 0 Å². The third-order valence-electron chi connectivity index (χ3n) is 10.5. The van der Waals surface area contributed by atoms with E-state index in [1.54, 1.807) is 0 Å². The zero-order valence-electron chi connectivity index (χ0n) is 25.5. The molecule has 0 saturated carbocycles. The Morgan fingerprint density at radius 2 is 0.851 bits per heavy atom. The molecule has 0 N–H and O–H groups in total. The van der Waals surface area contributed by atoms with Gasteiger partial charge in [-0.05, 0) is 112 Å². The first-order valence-electron chi connectivity index (χ1n) is 16.4. The zero-order valence-corrected chi connectivity index (χ0v) is 25.5. The van der Waals surface area contributed by atoms with Crippen molar-refractivity contribution in [1.82, 2.24) is 0 Å².